The first kappa shape index (κ1) is 18.7. The van der Waals surface area contributed by atoms with Crippen molar-refractivity contribution in [2.75, 3.05) is 7.11 Å². The number of allylic oxidation sites excluding steroid dienone is 2. The lowest BCUT2D eigenvalue weighted by Crippen LogP contribution is -2.70. The number of ketones is 2. The number of hydrogen-bond acceptors (Lipinski definition) is 6. The molecular weight excluding hydrogens is 348 g/mol. The minimum Gasteiger partial charge on any atom is -0.493 e. The van der Waals surface area contributed by atoms with Gasteiger partial charge in [-0.25, -0.2) is 0 Å². The largest absolute Gasteiger partial charge is 0.493 e. The van der Waals surface area contributed by atoms with E-state index in [4.69, 9.17) is 9.47 Å². The van der Waals surface area contributed by atoms with Crippen LogP contribution >= 0.6 is 0 Å². The second-order valence-corrected chi connectivity index (χ2v) is 9.33. The molecule has 0 aromatic rings. The average Bonchev–Trinajstić information content (AvgIpc) is 2.58. The fourth-order valence-electron chi connectivity index (χ4n) is 7.02. The lowest BCUT2D eigenvalue weighted by Gasteiger charge is -2.65. The standard InChI is InChI=1S/C21H28O6/c1-9-6-13(22)19(25)21(4)11(9)7-14-20(3)12(8-15(23)27-14)10(2)17(26-5)16(24)18(20)21/h9,11-14,18,22H,6-8H2,1-5H3/t9-,11+,12?,13+,14-,18?,20-,21+/m1/s1. The summed E-state index contributed by atoms with van der Waals surface area (Å²) in [5.41, 5.74) is -0.900. The number of ether oxygens (including phenoxy) is 2. The fraction of sp³-hybridized carbons (Fsp3) is 0.762. The molecule has 0 amide bonds. The van der Waals surface area contributed by atoms with E-state index >= 15 is 0 Å². The molecule has 1 saturated heterocycles. The molecule has 2 saturated carbocycles. The first-order chi connectivity index (χ1) is 12.6. The van der Waals surface area contributed by atoms with Crippen LogP contribution in [0.4, 0.5) is 0 Å². The van der Waals surface area contributed by atoms with E-state index in [0.29, 0.717) is 12.8 Å². The van der Waals surface area contributed by atoms with E-state index in [1.54, 1.807) is 0 Å². The molecule has 4 aliphatic rings. The van der Waals surface area contributed by atoms with E-state index in [2.05, 4.69) is 0 Å². The Morgan fingerprint density at radius 3 is 2.48 bits per heavy atom. The van der Waals surface area contributed by atoms with Crippen molar-refractivity contribution in [3.05, 3.63) is 11.3 Å². The van der Waals surface area contributed by atoms with Crippen LogP contribution in [0.3, 0.4) is 0 Å². The highest BCUT2D eigenvalue weighted by Crippen LogP contribution is 2.67. The third-order valence-electron chi connectivity index (χ3n) is 8.24. The molecule has 27 heavy (non-hydrogen) atoms. The van der Waals surface area contributed by atoms with Gasteiger partial charge in [0.1, 0.15) is 12.2 Å². The first-order valence-electron chi connectivity index (χ1n) is 9.79. The number of carbonyl (C=O) groups excluding carboxylic acids is 3. The summed E-state index contributed by atoms with van der Waals surface area (Å²) in [7, 11) is 1.46. The summed E-state index contributed by atoms with van der Waals surface area (Å²) in [6, 6.07) is 0. The fourth-order valence-corrected chi connectivity index (χ4v) is 7.02. The highest BCUT2D eigenvalue weighted by atomic mass is 16.5. The zero-order valence-corrected chi connectivity index (χ0v) is 16.6. The number of Topliss-reactive ketones (excluding diaryl/α,β-unsaturated/α-hetero) is 2. The van der Waals surface area contributed by atoms with E-state index in [0.717, 1.165) is 5.57 Å². The van der Waals surface area contributed by atoms with Gasteiger partial charge in [-0.1, -0.05) is 20.8 Å². The number of fused-ring (bicyclic) bond motifs is 2. The minimum atomic E-state index is -1.06. The summed E-state index contributed by atoms with van der Waals surface area (Å²) in [5, 5.41) is 10.4. The van der Waals surface area contributed by atoms with Crippen molar-refractivity contribution in [3.8, 4) is 0 Å². The Labute approximate surface area is 159 Å². The number of aliphatic hydroxyl groups is 1. The SMILES string of the molecule is COC1=C(C)C2CC(=O)O[C@@H]3C[C@H]4[C@H](C)C[C@H](O)C(=O)[C@]4(C)C(C1=O)[C@]23C. The Bertz CT molecular complexity index is 769. The van der Waals surface area contributed by atoms with Crippen LogP contribution < -0.4 is 0 Å². The Balaban J connectivity index is 1.97. The summed E-state index contributed by atoms with van der Waals surface area (Å²) in [6.45, 7) is 7.67. The summed E-state index contributed by atoms with van der Waals surface area (Å²) < 4.78 is 11.2. The maximum Gasteiger partial charge on any atom is 0.306 e. The molecule has 1 N–H and O–H groups in total. The lowest BCUT2D eigenvalue weighted by atomic mass is 9.39. The van der Waals surface area contributed by atoms with Crippen molar-refractivity contribution >= 4 is 17.5 Å². The van der Waals surface area contributed by atoms with Crippen molar-refractivity contribution in [2.24, 2.45) is 34.5 Å². The number of carbonyl (C=O) groups is 3. The summed E-state index contributed by atoms with van der Waals surface area (Å²) >= 11 is 0. The molecule has 6 heteroatoms. The molecule has 0 aromatic heterocycles. The predicted molar refractivity (Wildman–Crippen MR) is 95.3 cm³/mol. The molecular formula is C21H28O6. The van der Waals surface area contributed by atoms with Gasteiger partial charge in [-0.15, -0.1) is 0 Å². The Morgan fingerprint density at radius 2 is 1.85 bits per heavy atom. The Kier molecular flexibility index (Phi) is 3.91. The van der Waals surface area contributed by atoms with Gasteiger partial charge in [-0.05, 0) is 37.2 Å². The molecule has 3 fully saturated rings. The molecule has 0 spiro atoms. The number of aliphatic hydroxyl groups excluding tert-OH is 1. The van der Waals surface area contributed by atoms with Crippen LogP contribution in [0.5, 0.6) is 0 Å². The maximum absolute atomic E-state index is 13.6. The zero-order valence-electron chi connectivity index (χ0n) is 16.6. The number of hydrogen-bond donors (Lipinski definition) is 1. The van der Waals surface area contributed by atoms with Gasteiger partial charge in [0.2, 0.25) is 5.78 Å². The van der Waals surface area contributed by atoms with Crippen molar-refractivity contribution in [1.29, 1.82) is 0 Å². The van der Waals surface area contributed by atoms with Gasteiger partial charge in [0.25, 0.3) is 0 Å². The van der Waals surface area contributed by atoms with Crippen molar-refractivity contribution in [1.82, 2.24) is 0 Å². The van der Waals surface area contributed by atoms with Gasteiger partial charge >= 0.3 is 5.97 Å². The van der Waals surface area contributed by atoms with Gasteiger partial charge in [-0.3, -0.25) is 14.4 Å². The smallest absolute Gasteiger partial charge is 0.306 e. The van der Waals surface area contributed by atoms with Crippen LogP contribution in [0.2, 0.25) is 0 Å². The van der Waals surface area contributed by atoms with E-state index in [-0.39, 0.29) is 47.5 Å². The molecule has 4 rings (SSSR count). The second-order valence-electron chi connectivity index (χ2n) is 9.33. The van der Waals surface area contributed by atoms with Gasteiger partial charge in [-0.2, -0.15) is 0 Å². The van der Waals surface area contributed by atoms with E-state index < -0.39 is 29.0 Å². The quantitative estimate of drug-likeness (QED) is 0.705. The molecule has 0 radical (unpaired) electrons. The van der Waals surface area contributed by atoms with Gasteiger partial charge in [0.15, 0.2) is 11.5 Å². The highest BCUT2D eigenvalue weighted by Gasteiger charge is 2.72. The number of rotatable bonds is 1. The van der Waals surface area contributed by atoms with Crippen molar-refractivity contribution in [3.63, 3.8) is 0 Å². The number of methoxy groups -OCH3 is 1. The molecule has 148 valence electrons. The van der Waals surface area contributed by atoms with Gasteiger partial charge in [0.05, 0.1) is 13.5 Å². The first-order valence-corrected chi connectivity index (χ1v) is 9.79. The van der Waals surface area contributed by atoms with Crippen LogP contribution in [-0.4, -0.2) is 42.0 Å². The van der Waals surface area contributed by atoms with Gasteiger partial charge < -0.3 is 14.6 Å². The van der Waals surface area contributed by atoms with Crippen LogP contribution in [0, 0.1) is 34.5 Å². The third kappa shape index (κ3) is 2.08. The van der Waals surface area contributed by atoms with Crippen LogP contribution in [0.15, 0.2) is 11.3 Å². The topological polar surface area (TPSA) is 89.9 Å². The highest BCUT2D eigenvalue weighted by molar-refractivity contribution is 6.04. The second kappa shape index (κ2) is 5.66. The monoisotopic (exact) mass is 376 g/mol. The molecule has 3 aliphatic carbocycles. The van der Waals surface area contributed by atoms with Gasteiger partial charge in [0, 0.05) is 22.7 Å². The molecule has 2 unspecified atom stereocenters. The van der Waals surface area contributed by atoms with Crippen LogP contribution in [0.1, 0.15) is 47.0 Å². The van der Waals surface area contributed by atoms with Crippen LogP contribution in [-0.2, 0) is 23.9 Å². The van der Waals surface area contributed by atoms with E-state index in [9.17, 15) is 19.5 Å². The molecule has 8 atom stereocenters. The predicted octanol–water partition coefficient (Wildman–Crippen LogP) is 2.04. The lowest BCUT2D eigenvalue weighted by molar-refractivity contribution is -0.224. The zero-order chi connectivity index (χ0) is 19.9. The Hall–Kier alpha value is -1.69. The van der Waals surface area contributed by atoms with E-state index in [1.165, 1.54) is 7.11 Å². The summed E-state index contributed by atoms with van der Waals surface area (Å²) in [6.07, 6.45) is -0.352. The van der Waals surface area contributed by atoms with Crippen molar-refractivity contribution < 1.29 is 29.0 Å². The van der Waals surface area contributed by atoms with Crippen LogP contribution in [0.25, 0.3) is 0 Å². The molecule has 0 bridgehead atoms. The average molecular weight is 376 g/mol. The van der Waals surface area contributed by atoms with Crippen molar-refractivity contribution in [2.45, 2.75) is 59.2 Å². The van der Waals surface area contributed by atoms with E-state index in [1.807, 2.05) is 27.7 Å². The molecule has 1 heterocycles. The minimum absolute atomic E-state index is 0.0529. The molecule has 0 aromatic carbocycles. The molecule has 6 nitrogen and oxygen atoms in total. The summed E-state index contributed by atoms with van der Waals surface area (Å²) in [5.74, 6) is -1.40. The number of esters is 1. The normalized spacial score (nSPS) is 49.3. The maximum atomic E-state index is 13.6. The third-order valence-corrected chi connectivity index (χ3v) is 8.24. The molecule has 1 aliphatic heterocycles. The summed E-state index contributed by atoms with van der Waals surface area (Å²) in [4.78, 5) is 39.2. The Morgan fingerprint density at radius 1 is 1.19 bits per heavy atom.